The van der Waals surface area contributed by atoms with Crippen LogP contribution in [0.25, 0.3) is 0 Å². The number of nitrogens with one attached hydrogen (secondary N) is 1. The number of anilines is 2. The van der Waals surface area contributed by atoms with E-state index in [9.17, 15) is 9.18 Å². The Hall–Kier alpha value is -3.19. The summed E-state index contributed by atoms with van der Waals surface area (Å²) >= 11 is 1.83. The van der Waals surface area contributed by atoms with Gasteiger partial charge in [0, 0.05) is 41.3 Å². The molecule has 1 amide bonds. The van der Waals surface area contributed by atoms with Gasteiger partial charge in [-0.2, -0.15) is 0 Å². The van der Waals surface area contributed by atoms with Crippen LogP contribution in [0.5, 0.6) is 0 Å². The van der Waals surface area contributed by atoms with E-state index in [1.165, 1.54) is 22.6 Å². The van der Waals surface area contributed by atoms with Crippen LogP contribution in [0.3, 0.4) is 0 Å². The predicted molar refractivity (Wildman–Crippen MR) is 117 cm³/mol. The Balaban J connectivity index is 1.19. The van der Waals surface area contributed by atoms with E-state index in [1.54, 1.807) is 12.1 Å². The van der Waals surface area contributed by atoms with Crippen molar-refractivity contribution in [2.24, 2.45) is 5.16 Å². The average molecular weight is 421 g/mol. The van der Waals surface area contributed by atoms with Gasteiger partial charge in [0.2, 0.25) is 6.10 Å². The molecule has 5 rings (SSSR count). The van der Waals surface area contributed by atoms with Crippen LogP contribution in [0.2, 0.25) is 0 Å². The number of halogens is 1. The lowest BCUT2D eigenvalue weighted by molar-refractivity contribution is -0.125. The summed E-state index contributed by atoms with van der Waals surface area (Å²) in [4.78, 5) is 21.7. The zero-order valence-electron chi connectivity index (χ0n) is 16.2. The number of thiophene rings is 1. The highest BCUT2D eigenvalue weighted by Crippen LogP contribution is 2.28. The molecule has 152 valence electrons. The standard InChI is InChI=1S/C23H20FN3O2S/c24-17-3-1-2-15(12-17)20-13-21(29-26-20)23(28)25-18-4-6-19(7-5-18)27-10-8-22-16(14-27)9-11-30-22/h1-7,9,11-12,21H,8,10,13-14H2,(H,25,28). The first-order valence-corrected chi connectivity index (χ1v) is 10.7. The van der Waals surface area contributed by atoms with Crippen molar-refractivity contribution in [1.82, 2.24) is 0 Å². The van der Waals surface area contributed by atoms with Crippen molar-refractivity contribution >= 4 is 34.3 Å². The molecular formula is C23H20FN3O2S. The molecule has 1 unspecified atom stereocenters. The van der Waals surface area contributed by atoms with E-state index in [-0.39, 0.29) is 11.7 Å². The zero-order valence-corrected chi connectivity index (χ0v) is 17.0. The average Bonchev–Trinajstić information content (AvgIpc) is 3.43. The molecule has 2 aromatic carbocycles. The summed E-state index contributed by atoms with van der Waals surface area (Å²) in [6.45, 7) is 1.91. The lowest BCUT2D eigenvalue weighted by atomic mass is 10.0. The molecule has 0 aliphatic carbocycles. The molecule has 3 heterocycles. The van der Waals surface area contributed by atoms with Crippen LogP contribution in [0.1, 0.15) is 22.4 Å². The number of hydrogen-bond donors (Lipinski definition) is 1. The zero-order chi connectivity index (χ0) is 20.5. The summed E-state index contributed by atoms with van der Waals surface area (Å²) < 4.78 is 13.4. The quantitative estimate of drug-likeness (QED) is 0.671. The maximum atomic E-state index is 13.4. The molecule has 2 aliphatic rings. The molecule has 1 aromatic heterocycles. The molecule has 3 aromatic rings. The minimum atomic E-state index is -0.720. The molecule has 2 aliphatic heterocycles. The van der Waals surface area contributed by atoms with Gasteiger partial charge in [-0.15, -0.1) is 11.3 Å². The Morgan fingerprint density at radius 1 is 1.20 bits per heavy atom. The maximum Gasteiger partial charge on any atom is 0.268 e. The molecule has 0 radical (unpaired) electrons. The largest absolute Gasteiger partial charge is 0.382 e. The van der Waals surface area contributed by atoms with E-state index in [4.69, 9.17) is 4.84 Å². The lowest BCUT2D eigenvalue weighted by Gasteiger charge is -2.29. The Morgan fingerprint density at radius 3 is 2.90 bits per heavy atom. The van der Waals surface area contributed by atoms with Gasteiger partial charge >= 0.3 is 0 Å². The summed E-state index contributed by atoms with van der Waals surface area (Å²) in [7, 11) is 0. The molecular weight excluding hydrogens is 401 g/mol. The number of nitrogens with zero attached hydrogens (tertiary/aromatic N) is 2. The van der Waals surface area contributed by atoms with Crippen molar-refractivity contribution in [1.29, 1.82) is 0 Å². The van der Waals surface area contributed by atoms with Crippen LogP contribution in [-0.4, -0.2) is 24.3 Å². The van der Waals surface area contributed by atoms with Crippen molar-refractivity contribution in [2.75, 3.05) is 16.8 Å². The Bertz CT molecular complexity index is 1110. The molecule has 0 saturated heterocycles. The third kappa shape index (κ3) is 3.80. The Morgan fingerprint density at radius 2 is 2.07 bits per heavy atom. The van der Waals surface area contributed by atoms with Crippen LogP contribution < -0.4 is 10.2 Å². The van der Waals surface area contributed by atoms with Crippen molar-refractivity contribution in [3.63, 3.8) is 0 Å². The fourth-order valence-corrected chi connectivity index (χ4v) is 4.69. The van der Waals surface area contributed by atoms with Gasteiger partial charge < -0.3 is 15.1 Å². The van der Waals surface area contributed by atoms with Crippen LogP contribution >= 0.6 is 11.3 Å². The SMILES string of the molecule is O=C(Nc1ccc(N2CCc3sccc3C2)cc1)C1CC(c2cccc(F)c2)=NO1. The fourth-order valence-electron chi connectivity index (χ4n) is 3.80. The smallest absolute Gasteiger partial charge is 0.268 e. The van der Waals surface area contributed by atoms with Crippen molar-refractivity contribution < 1.29 is 14.0 Å². The third-order valence-corrected chi connectivity index (χ3v) is 6.45. The molecule has 5 nitrogen and oxygen atoms in total. The number of fused-ring (bicyclic) bond motifs is 1. The van der Waals surface area contributed by atoms with Crippen molar-refractivity contribution in [2.45, 2.75) is 25.5 Å². The van der Waals surface area contributed by atoms with Gasteiger partial charge in [0.05, 0.1) is 5.71 Å². The molecule has 30 heavy (non-hydrogen) atoms. The minimum Gasteiger partial charge on any atom is -0.382 e. The molecule has 0 fully saturated rings. The summed E-state index contributed by atoms with van der Waals surface area (Å²) in [5, 5.41) is 9.00. The van der Waals surface area contributed by atoms with Crippen molar-refractivity contribution in [3.8, 4) is 0 Å². The first kappa shape index (κ1) is 18.8. The number of amides is 1. The molecule has 1 atom stereocenters. The lowest BCUT2D eigenvalue weighted by Crippen LogP contribution is -2.29. The summed E-state index contributed by atoms with van der Waals surface area (Å²) in [5.41, 5.74) is 4.45. The van der Waals surface area contributed by atoms with E-state index in [1.807, 2.05) is 35.6 Å². The molecule has 1 N–H and O–H groups in total. The second kappa shape index (κ2) is 7.91. The Labute approximate surface area is 177 Å². The van der Waals surface area contributed by atoms with Gasteiger partial charge in [0.1, 0.15) is 5.82 Å². The first-order chi connectivity index (χ1) is 14.7. The number of carbonyl (C=O) groups is 1. The second-order valence-electron chi connectivity index (χ2n) is 7.42. The van der Waals surface area contributed by atoms with E-state index in [2.05, 4.69) is 26.8 Å². The number of carbonyl (C=O) groups excluding carboxylic acids is 1. The monoisotopic (exact) mass is 421 g/mol. The number of benzene rings is 2. The summed E-state index contributed by atoms with van der Waals surface area (Å²) in [5.74, 6) is -0.606. The number of rotatable bonds is 4. The van der Waals surface area contributed by atoms with Crippen LogP contribution in [0.4, 0.5) is 15.8 Å². The van der Waals surface area contributed by atoms with Crippen LogP contribution in [0, 0.1) is 5.82 Å². The number of hydrogen-bond acceptors (Lipinski definition) is 5. The summed E-state index contributed by atoms with van der Waals surface area (Å²) in [6, 6.07) is 16.2. The normalized spacial score (nSPS) is 17.8. The Kier molecular flexibility index (Phi) is 4.96. The number of oxime groups is 1. The van der Waals surface area contributed by atoms with Gasteiger partial charge in [0.25, 0.3) is 5.91 Å². The van der Waals surface area contributed by atoms with Gasteiger partial charge in [-0.05, 0) is 59.8 Å². The second-order valence-corrected chi connectivity index (χ2v) is 8.42. The van der Waals surface area contributed by atoms with E-state index in [0.29, 0.717) is 23.4 Å². The fraction of sp³-hybridized carbons (Fsp3) is 0.217. The van der Waals surface area contributed by atoms with Crippen molar-refractivity contribution in [3.05, 3.63) is 81.8 Å². The molecule has 7 heteroatoms. The predicted octanol–water partition coefficient (Wildman–Crippen LogP) is 4.58. The van der Waals surface area contributed by atoms with E-state index >= 15 is 0 Å². The highest BCUT2D eigenvalue weighted by molar-refractivity contribution is 7.10. The third-order valence-electron chi connectivity index (χ3n) is 5.43. The van der Waals surface area contributed by atoms with Gasteiger partial charge in [0.15, 0.2) is 0 Å². The van der Waals surface area contributed by atoms with Gasteiger partial charge in [-0.1, -0.05) is 17.3 Å². The van der Waals surface area contributed by atoms with E-state index in [0.717, 1.165) is 25.2 Å². The van der Waals surface area contributed by atoms with Gasteiger partial charge in [-0.3, -0.25) is 4.79 Å². The van der Waals surface area contributed by atoms with Crippen LogP contribution in [-0.2, 0) is 22.6 Å². The molecule has 0 bridgehead atoms. The minimum absolute atomic E-state index is 0.265. The van der Waals surface area contributed by atoms with E-state index < -0.39 is 6.10 Å². The molecule has 0 saturated carbocycles. The molecule has 0 spiro atoms. The maximum absolute atomic E-state index is 13.4. The topological polar surface area (TPSA) is 53.9 Å². The van der Waals surface area contributed by atoms with Crippen LogP contribution in [0.15, 0.2) is 65.1 Å². The highest BCUT2D eigenvalue weighted by Gasteiger charge is 2.29. The highest BCUT2D eigenvalue weighted by atomic mass is 32.1. The summed E-state index contributed by atoms with van der Waals surface area (Å²) in [6.07, 6.45) is 0.657. The van der Waals surface area contributed by atoms with Gasteiger partial charge in [-0.25, -0.2) is 4.39 Å². The first-order valence-electron chi connectivity index (χ1n) is 9.85.